The van der Waals surface area contributed by atoms with Crippen LogP contribution in [-0.2, 0) is 9.53 Å². The number of carboxylic acids is 1. The molecule has 0 aromatic rings. The summed E-state index contributed by atoms with van der Waals surface area (Å²) in [6.07, 6.45) is 10.9. The topological polar surface area (TPSA) is 87.0 Å². The second-order valence-corrected chi connectivity index (χ2v) is 8.61. The summed E-state index contributed by atoms with van der Waals surface area (Å²) >= 11 is 0. The zero-order chi connectivity index (χ0) is 19.8. The fourth-order valence-electron chi connectivity index (χ4n) is 5.20. The van der Waals surface area contributed by atoms with Crippen molar-refractivity contribution in [3.05, 3.63) is 11.8 Å². The number of unbranched alkanes of at least 4 members (excludes halogenated alkanes) is 1. The minimum Gasteiger partial charge on any atom is -0.512 e. The number of carboxylic acid groups (broad SMARTS) is 1. The first-order valence-corrected chi connectivity index (χ1v) is 10.8. The van der Waals surface area contributed by atoms with Crippen molar-refractivity contribution in [3.8, 4) is 0 Å². The molecule has 0 saturated heterocycles. The summed E-state index contributed by atoms with van der Waals surface area (Å²) in [6, 6.07) is 0. The number of hydrogen-bond acceptors (Lipinski definition) is 4. The largest absolute Gasteiger partial charge is 0.512 e. The first kappa shape index (κ1) is 22.2. The number of hydrogen-bond donors (Lipinski definition) is 3. The van der Waals surface area contributed by atoms with E-state index in [1.807, 2.05) is 6.08 Å². The van der Waals surface area contributed by atoms with Gasteiger partial charge in [-0.25, -0.2) is 4.79 Å². The molecule has 0 bridgehead atoms. The van der Waals surface area contributed by atoms with Gasteiger partial charge in [-0.2, -0.15) is 0 Å². The second-order valence-electron chi connectivity index (χ2n) is 8.61. The van der Waals surface area contributed by atoms with Gasteiger partial charge in [0, 0.05) is 12.5 Å². The van der Waals surface area contributed by atoms with Crippen molar-refractivity contribution in [3.63, 3.8) is 0 Å². The average Bonchev–Trinajstić information content (AvgIpc) is 3.14. The summed E-state index contributed by atoms with van der Waals surface area (Å²) in [5, 5.41) is 29.8. The van der Waals surface area contributed by atoms with Crippen LogP contribution in [0.2, 0.25) is 0 Å². The standard InChI is InChI=1S/C22H38O5/c1-3-5-6-15(4-2)7-8-19(23)22-18-12-16(9-10-27-14-21(25)26)11-17(18)13-20(22)24/h8,15-18,20,22-24H,3-7,9-14H2,1-2H3,(H,25,26)/t15?,16-,17-,18-,20+,22-/m1/s1. The van der Waals surface area contributed by atoms with Gasteiger partial charge in [0.05, 0.1) is 11.9 Å². The van der Waals surface area contributed by atoms with Crippen LogP contribution >= 0.6 is 0 Å². The summed E-state index contributed by atoms with van der Waals surface area (Å²) in [4.78, 5) is 10.5. The molecule has 0 aromatic carbocycles. The molecular weight excluding hydrogens is 344 g/mol. The van der Waals surface area contributed by atoms with Crippen molar-refractivity contribution in [1.29, 1.82) is 0 Å². The van der Waals surface area contributed by atoms with Crippen LogP contribution in [0.1, 0.15) is 71.6 Å². The number of carbonyl (C=O) groups is 1. The van der Waals surface area contributed by atoms with Crippen LogP contribution in [0.4, 0.5) is 0 Å². The molecule has 5 nitrogen and oxygen atoms in total. The predicted octanol–water partition coefficient (Wildman–Crippen LogP) is 4.55. The van der Waals surface area contributed by atoms with E-state index in [1.165, 1.54) is 19.3 Å². The summed E-state index contributed by atoms with van der Waals surface area (Å²) in [5.74, 6) is 1.27. The molecular formula is C22H38O5. The molecule has 2 saturated carbocycles. The number of rotatable bonds is 12. The van der Waals surface area contributed by atoms with Crippen molar-refractivity contribution in [2.75, 3.05) is 13.2 Å². The molecule has 2 aliphatic rings. The molecule has 0 aliphatic heterocycles. The van der Waals surface area contributed by atoms with Crippen molar-refractivity contribution >= 4 is 5.97 Å². The number of aliphatic hydroxyl groups is 2. The second kappa shape index (κ2) is 11.1. The van der Waals surface area contributed by atoms with Crippen LogP contribution in [0.25, 0.3) is 0 Å². The van der Waals surface area contributed by atoms with E-state index < -0.39 is 12.1 Å². The van der Waals surface area contributed by atoms with Crippen LogP contribution in [0.5, 0.6) is 0 Å². The summed E-state index contributed by atoms with van der Waals surface area (Å²) < 4.78 is 5.17. The lowest BCUT2D eigenvalue weighted by molar-refractivity contribution is -0.142. The third-order valence-electron chi connectivity index (χ3n) is 6.71. The maximum atomic E-state index is 10.7. The van der Waals surface area contributed by atoms with Gasteiger partial charge in [-0.15, -0.1) is 0 Å². The number of aliphatic hydroxyl groups excluding tert-OH is 2. The average molecular weight is 383 g/mol. The van der Waals surface area contributed by atoms with Crippen molar-refractivity contribution in [2.45, 2.75) is 77.7 Å². The predicted molar refractivity (Wildman–Crippen MR) is 106 cm³/mol. The van der Waals surface area contributed by atoms with Gasteiger partial charge in [-0.05, 0) is 61.9 Å². The van der Waals surface area contributed by atoms with Crippen LogP contribution in [0.3, 0.4) is 0 Å². The molecule has 0 radical (unpaired) electrons. The van der Waals surface area contributed by atoms with Crippen LogP contribution in [-0.4, -0.2) is 40.6 Å². The molecule has 6 atom stereocenters. The van der Waals surface area contributed by atoms with E-state index in [4.69, 9.17) is 9.84 Å². The highest BCUT2D eigenvalue weighted by atomic mass is 16.5. The quantitative estimate of drug-likeness (QED) is 0.340. The van der Waals surface area contributed by atoms with Crippen molar-refractivity contribution in [1.82, 2.24) is 0 Å². The third-order valence-corrected chi connectivity index (χ3v) is 6.71. The van der Waals surface area contributed by atoms with E-state index in [0.29, 0.717) is 36.0 Å². The van der Waals surface area contributed by atoms with Gasteiger partial charge in [-0.3, -0.25) is 0 Å². The fraction of sp³-hybridized carbons (Fsp3) is 0.864. The molecule has 1 unspecified atom stereocenters. The van der Waals surface area contributed by atoms with E-state index in [0.717, 1.165) is 38.5 Å². The zero-order valence-electron chi connectivity index (χ0n) is 17.0. The Labute approximate surface area is 163 Å². The highest BCUT2D eigenvalue weighted by molar-refractivity contribution is 5.67. The zero-order valence-corrected chi connectivity index (χ0v) is 17.0. The number of ether oxygens (including phenoxy) is 1. The summed E-state index contributed by atoms with van der Waals surface area (Å²) in [7, 11) is 0. The number of allylic oxidation sites excluding steroid dienone is 1. The number of fused-ring (bicyclic) bond motifs is 1. The fourth-order valence-corrected chi connectivity index (χ4v) is 5.20. The molecule has 156 valence electrons. The van der Waals surface area contributed by atoms with Crippen LogP contribution in [0, 0.1) is 29.6 Å². The van der Waals surface area contributed by atoms with Gasteiger partial charge in [0.1, 0.15) is 6.61 Å². The number of aliphatic carboxylic acids is 1. The molecule has 0 amide bonds. The van der Waals surface area contributed by atoms with Gasteiger partial charge in [0.2, 0.25) is 0 Å². The lowest BCUT2D eigenvalue weighted by atomic mass is 9.87. The van der Waals surface area contributed by atoms with Gasteiger partial charge >= 0.3 is 5.97 Å². The van der Waals surface area contributed by atoms with E-state index in [9.17, 15) is 15.0 Å². The Bertz CT molecular complexity index is 489. The first-order valence-electron chi connectivity index (χ1n) is 10.8. The van der Waals surface area contributed by atoms with E-state index >= 15 is 0 Å². The highest BCUT2D eigenvalue weighted by Crippen LogP contribution is 2.52. The van der Waals surface area contributed by atoms with Crippen molar-refractivity contribution < 1.29 is 24.9 Å². The first-order chi connectivity index (χ1) is 13.0. The maximum absolute atomic E-state index is 10.7. The van der Waals surface area contributed by atoms with E-state index in [2.05, 4.69) is 13.8 Å². The molecule has 0 spiro atoms. The van der Waals surface area contributed by atoms with Gasteiger partial charge in [0.25, 0.3) is 0 Å². The molecule has 0 heterocycles. The molecule has 3 N–H and O–H groups in total. The Morgan fingerprint density at radius 3 is 2.67 bits per heavy atom. The summed E-state index contributed by atoms with van der Waals surface area (Å²) in [5.41, 5.74) is 0. The van der Waals surface area contributed by atoms with Crippen LogP contribution < -0.4 is 0 Å². The Morgan fingerprint density at radius 1 is 1.22 bits per heavy atom. The van der Waals surface area contributed by atoms with E-state index in [1.54, 1.807) is 0 Å². The molecule has 0 aromatic heterocycles. The Morgan fingerprint density at radius 2 is 2.00 bits per heavy atom. The van der Waals surface area contributed by atoms with Gasteiger partial charge < -0.3 is 20.1 Å². The molecule has 27 heavy (non-hydrogen) atoms. The Hall–Kier alpha value is -1.07. The minimum atomic E-state index is -0.930. The molecule has 2 rings (SSSR count). The lowest BCUT2D eigenvalue weighted by Gasteiger charge is -2.22. The van der Waals surface area contributed by atoms with E-state index in [-0.39, 0.29) is 12.5 Å². The smallest absolute Gasteiger partial charge is 0.329 e. The SMILES string of the molecule is CCCCC(CC)CC=C(O)[C@H]1[C@@H]2C[C@H](CCOCC(=O)O)C[C@@H]2C[C@@H]1O. The lowest BCUT2D eigenvalue weighted by Crippen LogP contribution is -2.22. The highest BCUT2D eigenvalue weighted by Gasteiger charge is 2.49. The van der Waals surface area contributed by atoms with Crippen molar-refractivity contribution in [2.24, 2.45) is 29.6 Å². The minimum absolute atomic E-state index is 0.122. The molecule has 2 aliphatic carbocycles. The molecule has 5 heteroatoms. The molecule has 2 fully saturated rings. The Kier molecular flexibility index (Phi) is 9.10. The third kappa shape index (κ3) is 6.49. The monoisotopic (exact) mass is 382 g/mol. The van der Waals surface area contributed by atoms with Gasteiger partial charge in [0.15, 0.2) is 0 Å². The summed E-state index contributed by atoms with van der Waals surface area (Å²) in [6.45, 7) is 4.65. The normalized spacial score (nSPS) is 31.8. The maximum Gasteiger partial charge on any atom is 0.329 e. The van der Waals surface area contributed by atoms with Gasteiger partial charge in [-0.1, -0.05) is 39.5 Å². The Balaban J connectivity index is 1.85. The van der Waals surface area contributed by atoms with Crippen LogP contribution in [0.15, 0.2) is 11.8 Å².